The Morgan fingerprint density at radius 3 is 2.79 bits per heavy atom. The molecule has 4 aromatic rings. The minimum atomic E-state index is -0.0950. The maximum atomic E-state index is 13.6. The number of aromatic nitrogens is 3. The molecule has 0 saturated heterocycles. The summed E-state index contributed by atoms with van der Waals surface area (Å²) in [4.78, 5) is 24.3. The monoisotopic (exact) mass is 484 g/mol. The zero-order chi connectivity index (χ0) is 21.9. The van der Waals surface area contributed by atoms with Crippen LogP contribution in [-0.4, -0.2) is 40.2 Å². The van der Waals surface area contributed by atoms with Crippen LogP contribution in [0.25, 0.3) is 10.2 Å². The second-order valence-electron chi connectivity index (χ2n) is 7.62. The lowest BCUT2D eigenvalue weighted by molar-refractivity contribution is 0.0985. The van der Waals surface area contributed by atoms with E-state index in [1.807, 2.05) is 16.8 Å². The first-order chi connectivity index (χ1) is 15.7. The number of rotatable bonds is 7. The van der Waals surface area contributed by atoms with E-state index in [1.54, 1.807) is 47.0 Å². The molecule has 1 amide bonds. The molecule has 9 heteroatoms. The largest absolute Gasteiger partial charge is 0.486 e. The Morgan fingerprint density at radius 1 is 1.15 bits per heavy atom. The van der Waals surface area contributed by atoms with E-state index in [9.17, 15) is 4.79 Å². The molecule has 7 nitrogen and oxygen atoms in total. The topological polar surface area (TPSA) is 69.5 Å². The third-order valence-electron chi connectivity index (χ3n) is 5.47. The van der Waals surface area contributed by atoms with Gasteiger partial charge in [0.25, 0.3) is 5.91 Å². The zero-order valence-electron chi connectivity index (χ0n) is 18.3. The second kappa shape index (κ2) is 10.2. The average Bonchev–Trinajstić information content (AvgIpc) is 3.50. The van der Waals surface area contributed by atoms with Gasteiger partial charge in [-0.2, -0.15) is 0 Å². The molecule has 0 bridgehead atoms. The Kier molecular flexibility index (Phi) is 7.15. The summed E-state index contributed by atoms with van der Waals surface area (Å²) in [6.07, 6.45) is 7.22. The highest BCUT2D eigenvalue weighted by Crippen LogP contribution is 2.34. The van der Waals surface area contributed by atoms with E-state index in [4.69, 9.17) is 14.5 Å². The molecule has 0 radical (unpaired) electrons. The smallest absolute Gasteiger partial charge is 0.260 e. The van der Waals surface area contributed by atoms with Crippen LogP contribution in [0.2, 0.25) is 0 Å². The molecule has 1 aliphatic rings. The Hall–Kier alpha value is -3.10. The van der Waals surface area contributed by atoms with Crippen molar-refractivity contribution in [3.05, 3.63) is 66.2 Å². The van der Waals surface area contributed by atoms with Crippen molar-refractivity contribution in [2.24, 2.45) is 0 Å². The molecule has 0 atom stereocenters. The predicted octanol–water partition coefficient (Wildman–Crippen LogP) is 4.99. The van der Waals surface area contributed by atoms with Crippen molar-refractivity contribution < 1.29 is 14.3 Å². The van der Waals surface area contributed by atoms with Crippen molar-refractivity contribution >= 4 is 45.0 Å². The highest BCUT2D eigenvalue weighted by molar-refractivity contribution is 7.22. The molecule has 172 valence electrons. The molecule has 0 unspecified atom stereocenters. The maximum absolute atomic E-state index is 13.6. The first-order valence-electron chi connectivity index (χ1n) is 10.8. The Morgan fingerprint density at radius 2 is 2.00 bits per heavy atom. The van der Waals surface area contributed by atoms with Crippen LogP contribution >= 0.6 is 23.7 Å². The van der Waals surface area contributed by atoms with E-state index in [0.717, 1.165) is 29.6 Å². The van der Waals surface area contributed by atoms with Gasteiger partial charge < -0.3 is 14.0 Å². The summed E-state index contributed by atoms with van der Waals surface area (Å²) in [6, 6.07) is 11.7. The minimum absolute atomic E-state index is 0. The van der Waals surface area contributed by atoms with Gasteiger partial charge in [-0.3, -0.25) is 9.69 Å². The van der Waals surface area contributed by atoms with Crippen molar-refractivity contribution in [2.75, 3.05) is 24.7 Å². The van der Waals surface area contributed by atoms with Crippen LogP contribution in [-0.2, 0) is 13.0 Å². The van der Waals surface area contributed by atoms with E-state index in [0.29, 0.717) is 42.0 Å². The molecule has 1 aliphatic heterocycles. The molecule has 5 rings (SSSR count). The molecule has 0 spiro atoms. The molecule has 33 heavy (non-hydrogen) atoms. The summed E-state index contributed by atoms with van der Waals surface area (Å²) in [5.74, 6) is 1.19. The van der Waals surface area contributed by atoms with E-state index < -0.39 is 0 Å². The van der Waals surface area contributed by atoms with Crippen LogP contribution in [0.5, 0.6) is 11.5 Å². The molecular weight excluding hydrogens is 460 g/mol. The Balaban J connectivity index is 0.00000259. The number of hydrogen-bond donors (Lipinski definition) is 0. The number of thiazole rings is 1. The summed E-state index contributed by atoms with van der Waals surface area (Å²) in [7, 11) is 0. The van der Waals surface area contributed by atoms with Gasteiger partial charge >= 0.3 is 0 Å². The third-order valence-corrected chi connectivity index (χ3v) is 6.51. The lowest BCUT2D eigenvalue weighted by atomic mass is 10.1. The van der Waals surface area contributed by atoms with Gasteiger partial charge in [0.15, 0.2) is 16.6 Å². The number of fused-ring (bicyclic) bond motifs is 2. The van der Waals surface area contributed by atoms with Gasteiger partial charge in [0.05, 0.1) is 16.5 Å². The highest BCUT2D eigenvalue weighted by atomic mass is 35.5. The number of halogens is 1. The summed E-state index contributed by atoms with van der Waals surface area (Å²) in [5, 5.41) is 0.707. The fourth-order valence-corrected chi connectivity index (χ4v) is 4.79. The van der Waals surface area contributed by atoms with Gasteiger partial charge in [-0.1, -0.05) is 24.3 Å². The molecule has 0 fully saturated rings. The van der Waals surface area contributed by atoms with Crippen molar-refractivity contribution in [2.45, 2.75) is 26.3 Å². The fourth-order valence-electron chi connectivity index (χ4n) is 3.74. The SMILES string of the molecule is CCc1ccc2nc(N(CCCn3ccnc3)C(=O)c3ccc4c(c3)OCCO4)sc2c1.Cl. The van der Waals surface area contributed by atoms with Crippen LogP contribution in [0.4, 0.5) is 5.13 Å². The summed E-state index contributed by atoms with van der Waals surface area (Å²) < 4.78 is 14.4. The van der Waals surface area contributed by atoms with Crippen molar-refractivity contribution in [1.29, 1.82) is 0 Å². The van der Waals surface area contributed by atoms with Crippen LogP contribution in [0.1, 0.15) is 29.3 Å². The number of nitrogens with zero attached hydrogens (tertiary/aromatic N) is 4. The maximum Gasteiger partial charge on any atom is 0.260 e. The number of imidazole rings is 1. The van der Waals surface area contributed by atoms with E-state index in [2.05, 4.69) is 24.0 Å². The third kappa shape index (κ3) is 4.96. The average molecular weight is 485 g/mol. The normalized spacial score (nSPS) is 12.4. The fraction of sp³-hybridized carbons (Fsp3) is 0.292. The van der Waals surface area contributed by atoms with Crippen molar-refractivity contribution in [3.63, 3.8) is 0 Å². The van der Waals surface area contributed by atoms with Gasteiger partial charge in [0.2, 0.25) is 0 Å². The first kappa shape index (κ1) is 23.1. The molecule has 2 aromatic carbocycles. The Labute approximate surface area is 202 Å². The molecule has 0 N–H and O–H groups in total. The number of hydrogen-bond acceptors (Lipinski definition) is 6. The summed E-state index contributed by atoms with van der Waals surface area (Å²) >= 11 is 1.55. The minimum Gasteiger partial charge on any atom is -0.486 e. The number of amides is 1. The number of benzene rings is 2. The Bertz CT molecular complexity index is 1240. The summed E-state index contributed by atoms with van der Waals surface area (Å²) in [6.45, 7) is 4.46. The number of ether oxygens (including phenoxy) is 2. The molecule has 2 aromatic heterocycles. The lowest BCUT2D eigenvalue weighted by Crippen LogP contribution is -2.32. The van der Waals surface area contributed by atoms with Crippen LogP contribution in [0.15, 0.2) is 55.1 Å². The number of carbonyl (C=O) groups excluding carboxylic acids is 1. The number of aryl methyl sites for hydroxylation is 2. The quantitative estimate of drug-likeness (QED) is 0.370. The van der Waals surface area contributed by atoms with E-state index in [-0.39, 0.29) is 18.3 Å². The predicted molar refractivity (Wildman–Crippen MR) is 132 cm³/mol. The number of carbonyl (C=O) groups is 1. The number of anilines is 1. The first-order valence-corrected chi connectivity index (χ1v) is 11.6. The standard InChI is InChI=1S/C24H24N4O3S.ClH/c1-2-17-4-6-19-22(14-17)32-24(26-19)28(10-3-9-27-11-8-25-16-27)23(29)18-5-7-20-21(15-18)31-13-12-30-20;/h4-8,11,14-16H,2-3,9-10,12-13H2,1H3;1H. The van der Waals surface area contributed by atoms with Gasteiger partial charge in [0, 0.05) is 31.0 Å². The van der Waals surface area contributed by atoms with Gasteiger partial charge in [-0.25, -0.2) is 9.97 Å². The van der Waals surface area contributed by atoms with Gasteiger partial charge in [-0.15, -0.1) is 12.4 Å². The van der Waals surface area contributed by atoms with Crippen LogP contribution in [0, 0.1) is 0 Å². The van der Waals surface area contributed by atoms with Gasteiger partial charge in [0.1, 0.15) is 13.2 Å². The van der Waals surface area contributed by atoms with E-state index in [1.165, 1.54) is 5.56 Å². The van der Waals surface area contributed by atoms with Crippen LogP contribution < -0.4 is 14.4 Å². The van der Waals surface area contributed by atoms with E-state index >= 15 is 0 Å². The van der Waals surface area contributed by atoms with Crippen molar-refractivity contribution in [3.8, 4) is 11.5 Å². The lowest BCUT2D eigenvalue weighted by Gasteiger charge is -2.22. The molecule has 3 heterocycles. The van der Waals surface area contributed by atoms with Gasteiger partial charge in [-0.05, 0) is 48.7 Å². The van der Waals surface area contributed by atoms with Crippen molar-refractivity contribution in [1.82, 2.24) is 14.5 Å². The molecule has 0 aliphatic carbocycles. The zero-order valence-corrected chi connectivity index (χ0v) is 19.9. The summed E-state index contributed by atoms with van der Waals surface area (Å²) in [5.41, 5.74) is 2.74. The molecule has 0 saturated carbocycles. The highest BCUT2D eigenvalue weighted by Gasteiger charge is 2.23. The molecular formula is C24H25ClN4O3S. The second-order valence-corrected chi connectivity index (χ2v) is 8.63. The van der Waals surface area contributed by atoms with Crippen LogP contribution in [0.3, 0.4) is 0 Å².